The summed E-state index contributed by atoms with van der Waals surface area (Å²) in [6, 6.07) is 4.90. The molecule has 0 amide bonds. The van der Waals surface area contributed by atoms with E-state index in [0.29, 0.717) is 52.4 Å². The second kappa shape index (κ2) is 7.27. The van der Waals surface area contributed by atoms with Gasteiger partial charge in [-0.25, -0.2) is 0 Å². The zero-order valence-electron chi connectivity index (χ0n) is 17.9. The minimum absolute atomic E-state index is 0.00105. The largest absolute Gasteiger partial charge is 0.504 e. The van der Waals surface area contributed by atoms with Crippen LogP contribution in [-0.4, -0.2) is 42.3 Å². The Balaban J connectivity index is 1.79. The lowest BCUT2D eigenvalue weighted by Crippen LogP contribution is -2.54. The van der Waals surface area contributed by atoms with E-state index in [1.807, 2.05) is 12.3 Å². The fraction of sp³-hybridized carbons (Fsp3) is 0.333. The molecule has 0 bridgehead atoms. The molecule has 3 atom stereocenters. The normalized spacial score (nSPS) is 24.6. The number of carbonyl (C=O) groups is 2. The number of phenolic OH excluding ortho intramolecular Hbond substituents is 1. The van der Waals surface area contributed by atoms with E-state index in [2.05, 4.69) is 6.58 Å². The number of phenols is 1. The Labute approximate surface area is 185 Å². The highest BCUT2D eigenvalue weighted by molar-refractivity contribution is 5.81. The maximum Gasteiger partial charge on any atom is 0.303 e. The Morgan fingerprint density at radius 3 is 2.84 bits per heavy atom. The van der Waals surface area contributed by atoms with Crippen molar-refractivity contribution in [2.24, 2.45) is 0 Å². The second-order valence-electron chi connectivity index (χ2n) is 8.30. The number of nitrogens with zero attached hydrogens (tertiary/aromatic N) is 1. The van der Waals surface area contributed by atoms with Gasteiger partial charge < -0.3 is 24.1 Å². The maximum absolute atomic E-state index is 12.2. The van der Waals surface area contributed by atoms with E-state index in [4.69, 9.17) is 18.9 Å². The average molecular weight is 438 g/mol. The Morgan fingerprint density at radius 1 is 1.34 bits per heavy atom. The van der Waals surface area contributed by atoms with Gasteiger partial charge in [-0.3, -0.25) is 14.1 Å². The van der Waals surface area contributed by atoms with Gasteiger partial charge in [0.15, 0.2) is 29.9 Å². The van der Waals surface area contributed by atoms with Gasteiger partial charge in [0.1, 0.15) is 12.3 Å². The van der Waals surface area contributed by atoms with Crippen LogP contribution in [0.4, 0.5) is 0 Å². The van der Waals surface area contributed by atoms with Crippen molar-refractivity contribution in [1.82, 2.24) is 0 Å². The van der Waals surface area contributed by atoms with Crippen molar-refractivity contribution in [3.05, 3.63) is 58.8 Å². The third-order valence-corrected chi connectivity index (χ3v) is 6.77. The number of esters is 1. The molecule has 2 aromatic carbocycles. The van der Waals surface area contributed by atoms with Crippen LogP contribution in [0.15, 0.2) is 31.0 Å². The fourth-order valence-electron chi connectivity index (χ4n) is 5.42. The smallest absolute Gasteiger partial charge is 0.303 e. The van der Waals surface area contributed by atoms with Crippen molar-refractivity contribution in [1.29, 1.82) is 0 Å². The van der Waals surface area contributed by atoms with Gasteiger partial charge in [-0.15, -0.1) is 0 Å². The van der Waals surface area contributed by atoms with Crippen LogP contribution in [0, 0.1) is 0 Å². The molecule has 3 aliphatic rings. The van der Waals surface area contributed by atoms with E-state index in [-0.39, 0.29) is 12.5 Å². The highest BCUT2D eigenvalue weighted by atomic mass is 16.7. The van der Waals surface area contributed by atoms with E-state index < -0.39 is 18.1 Å². The highest BCUT2D eigenvalue weighted by Crippen LogP contribution is 2.58. The van der Waals surface area contributed by atoms with Crippen molar-refractivity contribution in [3.8, 4) is 23.0 Å². The predicted molar refractivity (Wildman–Crippen MR) is 113 cm³/mol. The molecule has 0 aromatic heterocycles. The van der Waals surface area contributed by atoms with Crippen molar-refractivity contribution >= 4 is 12.3 Å². The monoisotopic (exact) mass is 438 g/mol. The zero-order valence-corrected chi connectivity index (χ0v) is 17.9. The standard InChI is InChI=1S/C24H23NO7/c1-4-25-8-7-14-9-18-24(31-12-30-18)21(28)19(14)20(25)23(32-13(2)27)16-6-5-15(11-26)22(29-3)17(16)10-25/h4-6,9,11,20,23H,1,7-8,10,12H2,2-3H3/p+1. The third kappa shape index (κ3) is 2.72. The van der Waals surface area contributed by atoms with Gasteiger partial charge in [0, 0.05) is 18.9 Å². The summed E-state index contributed by atoms with van der Waals surface area (Å²) in [5.74, 6) is 0.830. The van der Waals surface area contributed by atoms with E-state index in [0.717, 1.165) is 23.0 Å². The van der Waals surface area contributed by atoms with E-state index >= 15 is 0 Å². The summed E-state index contributed by atoms with van der Waals surface area (Å²) in [6.07, 6.45) is 2.50. The third-order valence-electron chi connectivity index (χ3n) is 6.77. The number of aldehydes is 1. The van der Waals surface area contributed by atoms with E-state index in [9.17, 15) is 14.7 Å². The lowest BCUT2D eigenvalue weighted by molar-refractivity contribution is -0.932. The van der Waals surface area contributed by atoms with Gasteiger partial charge in [0.2, 0.25) is 12.5 Å². The SMILES string of the molecule is C=C[N+]12CCc3cc4c(c(O)c3C1C(OC(C)=O)c1ccc(C=O)c(OC)c1C2)OCO4. The molecule has 3 heterocycles. The molecule has 0 aliphatic carbocycles. The first-order valence-electron chi connectivity index (χ1n) is 10.4. The van der Waals surface area contributed by atoms with Crippen molar-refractivity contribution in [3.63, 3.8) is 0 Å². The van der Waals surface area contributed by atoms with E-state index in [1.165, 1.54) is 14.0 Å². The summed E-state index contributed by atoms with van der Waals surface area (Å²) in [5, 5.41) is 11.2. The maximum atomic E-state index is 12.2. The first-order chi connectivity index (χ1) is 15.4. The van der Waals surface area contributed by atoms with Crippen LogP contribution >= 0.6 is 0 Å². The number of methoxy groups -OCH3 is 1. The molecule has 0 saturated carbocycles. The van der Waals surface area contributed by atoms with Gasteiger partial charge in [-0.1, -0.05) is 6.07 Å². The molecule has 0 radical (unpaired) electrons. The van der Waals surface area contributed by atoms with Gasteiger partial charge in [0.05, 0.1) is 36.5 Å². The lowest BCUT2D eigenvalue weighted by atomic mass is 9.78. The number of rotatable bonds is 4. The van der Waals surface area contributed by atoms with Crippen LogP contribution in [-0.2, 0) is 22.5 Å². The Hall–Kier alpha value is -3.52. The second-order valence-corrected chi connectivity index (χ2v) is 8.30. The number of fused-ring (bicyclic) bond motifs is 5. The number of hydrogen-bond acceptors (Lipinski definition) is 7. The molecule has 1 N–H and O–H groups in total. The highest BCUT2D eigenvalue weighted by Gasteiger charge is 2.54. The zero-order chi connectivity index (χ0) is 22.6. The van der Waals surface area contributed by atoms with Gasteiger partial charge in [-0.2, -0.15) is 0 Å². The number of benzene rings is 2. The summed E-state index contributed by atoms with van der Waals surface area (Å²) < 4.78 is 22.8. The molecule has 0 spiro atoms. The fourth-order valence-corrected chi connectivity index (χ4v) is 5.42. The number of carbonyl (C=O) groups excluding carboxylic acids is 2. The average Bonchev–Trinajstić information content (AvgIpc) is 3.26. The number of ether oxygens (including phenoxy) is 4. The van der Waals surface area contributed by atoms with Gasteiger partial charge in [0.25, 0.3) is 0 Å². The minimum Gasteiger partial charge on any atom is -0.504 e. The number of hydrogen-bond donors (Lipinski definition) is 1. The Kier molecular flexibility index (Phi) is 4.63. The molecular weight excluding hydrogens is 414 g/mol. The number of quaternary nitrogens is 1. The van der Waals surface area contributed by atoms with Crippen LogP contribution in [0.5, 0.6) is 23.0 Å². The van der Waals surface area contributed by atoms with Crippen molar-refractivity contribution in [2.45, 2.75) is 32.0 Å². The first-order valence-corrected chi connectivity index (χ1v) is 10.4. The molecule has 8 nitrogen and oxygen atoms in total. The van der Waals surface area contributed by atoms with Crippen LogP contribution in [0.3, 0.4) is 0 Å². The number of aromatic hydroxyl groups is 1. The first kappa shape index (κ1) is 20.4. The summed E-state index contributed by atoms with van der Waals surface area (Å²) in [5.41, 5.74) is 3.55. The molecular formula is C24H24NO7+. The summed E-state index contributed by atoms with van der Waals surface area (Å²) in [4.78, 5) is 23.8. The van der Waals surface area contributed by atoms with E-state index in [1.54, 1.807) is 12.1 Å². The molecule has 0 saturated heterocycles. The summed E-state index contributed by atoms with van der Waals surface area (Å²) in [7, 11) is 1.52. The molecule has 2 aromatic rings. The molecule has 0 fully saturated rings. The summed E-state index contributed by atoms with van der Waals surface area (Å²) >= 11 is 0. The van der Waals surface area contributed by atoms with Crippen molar-refractivity contribution < 1.29 is 38.1 Å². The van der Waals surface area contributed by atoms with Gasteiger partial charge >= 0.3 is 5.97 Å². The quantitative estimate of drug-likeness (QED) is 0.445. The summed E-state index contributed by atoms with van der Waals surface area (Å²) in [6.45, 7) is 6.63. The Bertz CT molecular complexity index is 1160. The van der Waals surface area contributed by atoms with Crippen LogP contribution < -0.4 is 14.2 Å². The molecule has 5 rings (SSSR count). The topological polar surface area (TPSA) is 91.3 Å². The molecule has 32 heavy (non-hydrogen) atoms. The van der Waals surface area contributed by atoms with Gasteiger partial charge in [-0.05, 0) is 24.3 Å². The van der Waals surface area contributed by atoms with Crippen LogP contribution in [0.25, 0.3) is 0 Å². The molecule has 8 heteroatoms. The van der Waals surface area contributed by atoms with Crippen LogP contribution in [0.1, 0.15) is 51.7 Å². The van der Waals surface area contributed by atoms with Crippen molar-refractivity contribution in [2.75, 3.05) is 20.4 Å². The minimum atomic E-state index is -0.728. The lowest BCUT2D eigenvalue weighted by Gasteiger charge is -2.51. The molecule has 166 valence electrons. The van der Waals surface area contributed by atoms with Crippen LogP contribution in [0.2, 0.25) is 0 Å². The molecule has 3 aliphatic heterocycles. The molecule has 3 unspecified atom stereocenters. The Morgan fingerprint density at radius 2 is 2.16 bits per heavy atom. The predicted octanol–water partition coefficient (Wildman–Crippen LogP) is 3.32.